The molecule has 0 aromatic rings. The molecule has 0 aliphatic rings. The average Bonchev–Trinajstić information content (AvgIpc) is 2.27. The molecule has 0 bridgehead atoms. The van der Waals surface area contributed by atoms with E-state index in [0.29, 0.717) is 0 Å². The molecule has 1 N–H and O–H groups in total. The van der Waals surface area contributed by atoms with Gasteiger partial charge in [0.25, 0.3) is 0 Å². The quantitative estimate of drug-likeness (QED) is 0.623. The van der Waals surface area contributed by atoms with Gasteiger partial charge in [-0.2, -0.15) is 5.26 Å². The topological polar surface area (TPSA) is 44.0 Å². The molecule has 88 valence electrons. The molecule has 0 rings (SSSR count). The lowest BCUT2D eigenvalue weighted by Gasteiger charge is -2.26. The minimum Gasteiger partial charge on any atom is -0.391 e. The van der Waals surface area contributed by atoms with Crippen LogP contribution in [0.5, 0.6) is 0 Å². The lowest BCUT2D eigenvalue weighted by molar-refractivity contribution is 0.0624. The van der Waals surface area contributed by atoms with Gasteiger partial charge in [0.1, 0.15) is 0 Å². The summed E-state index contributed by atoms with van der Waals surface area (Å²) in [6.45, 7) is 6.01. The lowest BCUT2D eigenvalue weighted by Crippen LogP contribution is -2.30. The van der Waals surface area contributed by atoms with Crippen molar-refractivity contribution in [2.45, 2.75) is 71.8 Å². The summed E-state index contributed by atoms with van der Waals surface area (Å²) in [6, 6.07) is 2.23. The van der Waals surface area contributed by atoms with Crippen molar-refractivity contribution in [1.82, 2.24) is 0 Å². The molecular weight excluding hydrogens is 186 g/mol. The van der Waals surface area contributed by atoms with E-state index >= 15 is 0 Å². The van der Waals surface area contributed by atoms with Crippen LogP contribution in [-0.4, -0.2) is 11.2 Å². The molecule has 0 saturated heterocycles. The first-order valence-electron chi connectivity index (χ1n) is 6.20. The first kappa shape index (κ1) is 14.5. The minimum absolute atomic E-state index is 0.464. The Morgan fingerprint density at radius 1 is 1.20 bits per heavy atom. The van der Waals surface area contributed by atoms with Gasteiger partial charge in [-0.1, -0.05) is 46.0 Å². The SMILES string of the molecule is CCCCCCCC(O)C(C)(C#N)CC. The highest BCUT2D eigenvalue weighted by molar-refractivity contribution is 4.99. The summed E-state index contributed by atoms with van der Waals surface area (Å²) in [7, 11) is 0. The van der Waals surface area contributed by atoms with Crippen LogP contribution in [0.1, 0.15) is 65.7 Å². The van der Waals surface area contributed by atoms with Crippen molar-refractivity contribution in [3.05, 3.63) is 0 Å². The third-order valence-electron chi connectivity index (χ3n) is 3.31. The number of nitriles is 1. The minimum atomic E-state index is -0.551. The zero-order valence-corrected chi connectivity index (χ0v) is 10.4. The normalized spacial score (nSPS) is 16.7. The van der Waals surface area contributed by atoms with E-state index in [1.165, 1.54) is 25.7 Å². The van der Waals surface area contributed by atoms with Gasteiger partial charge in [0.05, 0.1) is 17.6 Å². The van der Waals surface area contributed by atoms with Gasteiger partial charge >= 0.3 is 0 Å². The molecular formula is C13H25NO. The van der Waals surface area contributed by atoms with E-state index in [2.05, 4.69) is 13.0 Å². The summed E-state index contributed by atoms with van der Waals surface area (Å²) in [5.41, 5.74) is -0.551. The fraction of sp³-hybridized carbons (Fsp3) is 0.923. The van der Waals surface area contributed by atoms with E-state index < -0.39 is 11.5 Å². The molecule has 2 atom stereocenters. The maximum atomic E-state index is 9.90. The van der Waals surface area contributed by atoms with Crippen LogP contribution >= 0.6 is 0 Å². The summed E-state index contributed by atoms with van der Waals surface area (Å²) in [5, 5.41) is 18.9. The van der Waals surface area contributed by atoms with Crippen LogP contribution in [0.2, 0.25) is 0 Å². The lowest BCUT2D eigenvalue weighted by atomic mass is 9.81. The van der Waals surface area contributed by atoms with Crippen molar-refractivity contribution < 1.29 is 5.11 Å². The van der Waals surface area contributed by atoms with Gasteiger partial charge in [-0.05, 0) is 19.8 Å². The molecule has 2 nitrogen and oxygen atoms in total. The van der Waals surface area contributed by atoms with Crippen LogP contribution in [0.15, 0.2) is 0 Å². The van der Waals surface area contributed by atoms with E-state index in [-0.39, 0.29) is 0 Å². The summed E-state index contributed by atoms with van der Waals surface area (Å²) in [6.07, 6.45) is 7.01. The molecule has 0 heterocycles. The zero-order valence-electron chi connectivity index (χ0n) is 10.4. The Morgan fingerprint density at radius 3 is 2.27 bits per heavy atom. The van der Waals surface area contributed by atoms with Gasteiger partial charge < -0.3 is 5.11 Å². The average molecular weight is 211 g/mol. The molecule has 0 aliphatic carbocycles. The third kappa shape index (κ3) is 5.18. The second kappa shape index (κ2) is 7.70. The molecule has 0 saturated carbocycles. The van der Waals surface area contributed by atoms with Crippen LogP contribution in [0.3, 0.4) is 0 Å². The van der Waals surface area contributed by atoms with Gasteiger partial charge in [0.15, 0.2) is 0 Å². The number of aliphatic hydroxyl groups excluding tert-OH is 1. The van der Waals surface area contributed by atoms with Crippen molar-refractivity contribution >= 4 is 0 Å². The van der Waals surface area contributed by atoms with Crippen molar-refractivity contribution in [2.24, 2.45) is 5.41 Å². The van der Waals surface area contributed by atoms with Gasteiger partial charge in [-0.25, -0.2) is 0 Å². The number of unbranched alkanes of at least 4 members (excludes halogenated alkanes) is 4. The van der Waals surface area contributed by atoms with Crippen LogP contribution < -0.4 is 0 Å². The molecule has 15 heavy (non-hydrogen) atoms. The van der Waals surface area contributed by atoms with Gasteiger partial charge in [0.2, 0.25) is 0 Å². The Balaban J connectivity index is 3.73. The molecule has 0 aliphatic heterocycles. The summed E-state index contributed by atoms with van der Waals surface area (Å²) in [4.78, 5) is 0. The molecule has 0 radical (unpaired) electrons. The molecule has 2 unspecified atom stereocenters. The Kier molecular flexibility index (Phi) is 7.42. The molecule has 0 aromatic carbocycles. The van der Waals surface area contributed by atoms with Crippen molar-refractivity contribution in [3.8, 4) is 6.07 Å². The molecule has 0 spiro atoms. The summed E-state index contributed by atoms with van der Waals surface area (Å²) in [5.74, 6) is 0. The Hall–Kier alpha value is -0.550. The maximum Gasteiger partial charge on any atom is 0.0801 e. The standard InChI is InChI=1S/C13H25NO/c1-4-6-7-8-9-10-12(15)13(3,5-2)11-14/h12,15H,4-10H2,1-3H3. The fourth-order valence-electron chi connectivity index (χ4n) is 1.65. The predicted molar refractivity (Wildman–Crippen MR) is 63.4 cm³/mol. The van der Waals surface area contributed by atoms with Crippen molar-refractivity contribution in [2.75, 3.05) is 0 Å². The Labute approximate surface area is 94.3 Å². The molecule has 0 amide bonds. The summed E-state index contributed by atoms with van der Waals surface area (Å²) >= 11 is 0. The first-order chi connectivity index (χ1) is 7.10. The number of rotatable bonds is 8. The number of aliphatic hydroxyl groups is 1. The van der Waals surface area contributed by atoms with E-state index in [1.54, 1.807) is 0 Å². The van der Waals surface area contributed by atoms with E-state index in [4.69, 9.17) is 5.26 Å². The fourth-order valence-corrected chi connectivity index (χ4v) is 1.65. The van der Waals surface area contributed by atoms with Gasteiger partial charge in [-0.3, -0.25) is 0 Å². The highest BCUT2D eigenvalue weighted by atomic mass is 16.3. The highest BCUT2D eigenvalue weighted by Crippen LogP contribution is 2.28. The monoisotopic (exact) mass is 211 g/mol. The van der Waals surface area contributed by atoms with Crippen molar-refractivity contribution in [1.29, 1.82) is 5.26 Å². The highest BCUT2D eigenvalue weighted by Gasteiger charge is 2.30. The Morgan fingerprint density at radius 2 is 1.80 bits per heavy atom. The number of nitrogens with zero attached hydrogens (tertiary/aromatic N) is 1. The number of hydrogen-bond donors (Lipinski definition) is 1. The second-order valence-electron chi connectivity index (χ2n) is 4.60. The smallest absolute Gasteiger partial charge is 0.0801 e. The van der Waals surface area contributed by atoms with Gasteiger partial charge in [0, 0.05) is 0 Å². The Bertz CT molecular complexity index is 197. The molecule has 0 aromatic heterocycles. The van der Waals surface area contributed by atoms with Crippen molar-refractivity contribution in [3.63, 3.8) is 0 Å². The largest absolute Gasteiger partial charge is 0.391 e. The maximum absolute atomic E-state index is 9.90. The van der Waals surface area contributed by atoms with E-state index in [0.717, 1.165) is 19.3 Å². The second-order valence-corrected chi connectivity index (χ2v) is 4.60. The van der Waals surface area contributed by atoms with Gasteiger partial charge in [-0.15, -0.1) is 0 Å². The van der Waals surface area contributed by atoms with Crippen LogP contribution in [0.25, 0.3) is 0 Å². The first-order valence-corrected chi connectivity index (χ1v) is 6.20. The summed E-state index contributed by atoms with van der Waals surface area (Å²) < 4.78 is 0. The molecule has 0 fully saturated rings. The van der Waals surface area contributed by atoms with E-state index in [9.17, 15) is 5.11 Å². The van der Waals surface area contributed by atoms with Crippen LogP contribution in [-0.2, 0) is 0 Å². The van der Waals surface area contributed by atoms with Crippen LogP contribution in [0.4, 0.5) is 0 Å². The van der Waals surface area contributed by atoms with Crippen LogP contribution in [0, 0.1) is 16.7 Å². The predicted octanol–water partition coefficient (Wildman–Crippen LogP) is 3.65. The third-order valence-corrected chi connectivity index (χ3v) is 3.31. The van der Waals surface area contributed by atoms with E-state index in [1.807, 2.05) is 13.8 Å². The molecule has 2 heteroatoms. The number of hydrogen-bond acceptors (Lipinski definition) is 2. The zero-order chi connectivity index (χ0) is 11.7.